The molecule has 176 valence electrons. The fraction of sp³-hybridized carbons (Fsp3) is 0.179. The second-order valence-corrected chi connectivity index (χ2v) is 8.83. The quantitative estimate of drug-likeness (QED) is 0.369. The number of hydrogen-bond acceptors (Lipinski definition) is 5. The largest absolute Gasteiger partial charge is 0.506 e. The van der Waals surface area contributed by atoms with E-state index in [1.54, 1.807) is 25.1 Å². The highest BCUT2D eigenvalue weighted by atomic mass is 16.5. The Labute approximate surface area is 202 Å². The molecule has 0 bridgehead atoms. The lowest BCUT2D eigenvalue weighted by Crippen LogP contribution is -2.23. The van der Waals surface area contributed by atoms with Crippen molar-refractivity contribution in [3.63, 3.8) is 0 Å². The number of rotatable bonds is 6. The van der Waals surface area contributed by atoms with E-state index in [1.807, 2.05) is 48.5 Å². The Morgan fingerprint density at radius 1 is 0.914 bits per heavy atom. The van der Waals surface area contributed by atoms with Gasteiger partial charge in [-0.25, -0.2) is 0 Å². The van der Waals surface area contributed by atoms with Crippen molar-refractivity contribution in [2.75, 3.05) is 4.90 Å². The standard InChI is InChI=1S/C28H24N2O5/c1-17-25(30(18(2)31)23-5-3-4-6-24(23)32)26(35-29-17)21-9-7-19(8-10-21)20-11-13-22(14-12-20)28(15-16-28)27(33)34/h3-14,32H,15-16H2,1-2H3,(H,33,34). The Kier molecular flexibility index (Phi) is 5.40. The van der Waals surface area contributed by atoms with Crippen LogP contribution in [-0.2, 0) is 15.0 Å². The molecule has 35 heavy (non-hydrogen) atoms. The number of phenolic OH excluding ortho intramolecular Hbond substituents is 1. The van der Waals surface area contributed by atoms with E-state index in [-0.39, 0.29) is 11.7 Å². The zero-order valence-electron chi connectivity index (χ0n) is 19.4. The number of para-hydroxylation sites is 2. The van der Waals surface area contributed by atoms with Gasteiger partial charge >= 0.3 is 5.97 Å². The highest BCUT2D eigenvalue weighted by Crippen LogP contribution is 2.48. The van der Waals surface area contributed by atoms with Gasteiger partial charge in [0.05, 0.1) is 11.1 Å². The molecule has 0 aliphatic heterocycles. The number of aromatic hydroxyl groups is 1. The molecule has 2 N–H and O–H groups in total. The van der Waals surface area contributed by atoms with E-state index in [2.05, 4.69) is 5.16 Å². The van der Waals surface area contributed by atoms with E-state index in [0.29, 0.717) is 35.7 Å². The molecule has 0 atom stereocenters. The van der Waals surface area contributed by atoms with E-state index in [0.717, 1.165) is 22.3 Å². The summed E-state index contributed by atoms with van der Waals surface area (Å²) >= 11 is 0. The maximum atomic E-state index is 12.6. The van der Waals surface area contributed by atoms with Gasteiger partial charge in [0.1, 0.15) is 17.1 Å². The lowest BCUT2D eigenvalue weighted by atomic mass is 9.93. The lowest BCUT2D eigenvalue weighted by Gasteiger charge is -2.22. The molecule has 1 aromatic heterocycles. The summed E-state index contributed by atoms with van der Waals surface area (Å²) in [5.41, 5.74) is 4.10. The fourth-order valence-electron chi connectivity index (χ4n) is 4.47. The maximum absolute atomic E-state index is 12.6. The second kappa shape index (κ2) is 8.43. The average Bonchev–Trinajstić information content (AvgIpc) is 3.59. The van der Waals surface area contributed by atoms with Crippen LogP contribution in [0.15, 0.2) is 77.3 Å². The molecule has 1 aliphatic rings. The van der Waals surface area contributed by atoms with Crippen molar-refractivity contribution < 1.29 is 24.3 Å². The average molecular weight is 469 g/mol. The van der Waals surface area contributed by atoms with Gasteiger partial charge in [0.15, 0.2) is 5.76 Å². The van der Waals surface area contributed by atoms with Crippen molar-refractivity contribution in [2.24, 2.45) is 0 Å². The summed E-state index contributed by atoms with van der Waals surface area (Å²) in [6.07, 6.45) is 1.35. The fourth-order valence-corrected chi connectivity index (χ4v) is 4.47. The van der Waals surface area contributed by atoms with Crippen molar-refractivity contribution in [3.8, 4) is 28.2 Å². The van der Waals surface area contributed by atoms with Crippen LogP contribution >= 0.6 is 0 Å². The van der Waals surface area contributed by atoms with Gasteiger partial charge in [-0.1, -0.05) is 65.8 Å². The van der Waals surface area contributed by atoms with Crippen LogP contribution in [-0.4, -0.2) is 27.2 Å². The number of hydrogen-bond donors (Lipinski definition) is 2. The molecule has 1 aliphatic carbocycles. The molecular formula is C28H24N2O5. The monoisotopic (exact) mass is 468 g/mol. The molecule has 1 amide bonds. The van der Waals surface area contributed by atoms with Crippen LogP contribution in [0.25, 0.3) is 22.5 Å². The number of amides is 1. The number of aromatic nitrogens is 1. The van der Waals surface area contributed by atoms with Crippen molar-refractivity contribution in [1.82, 2.24) is 5.16 Å². The predicted molar refractivity (Wildman–Crippen MR) is 132 cm³/mol. The summed E-state index contributed by atoms with van der Waals surface area (Å²) < 4.78 is 5.62. The van der Waals surface area contributed by atoms with Gasteiger partial charge in [-0.2, -0.15) is 0 Å². The number of carbonyl (C=O) groups excluding carboxylic acids is 1. The number of phenols is 1. The van der Waals surface area contributed by atoms with Crippen LogP contribution in [0.5, 0.6) is 5.75 Å². The van der Waals surface area contributed by atoms with Gasteiger partial charge in [-0.05, 0) is 48.6 Å². The number of anilines is 2. The van der Waals surface area contributed by atoms with Crippen LogP contribution in [0, 0.1) is 6.92 Å². The minimum Gasteiger partial charge on any atom is -0.506 e. The minimum atomic E-state index is -0.767. The number of benzene rings is 3. The van der Waals surface area contributed by atoms with E-state index < -0.39 is 11.4 Å². The Morgan fingerprint density at radius 2 is 1.49 bits per heavy atom. The molecular weight excluding hydrogens is 444 g/mol. The summed E-state index contributed by atoms with van der Waals surface area (Å²) in [4.78, 5) is 25.6. The third kappa shape index (κ3) is 3.85. The van der Waals surface area contributed by atoms with Crippen molar-refractivity contribution >= 4 is 23.3 Å². The third-order valence-corrected chi connectivity index (χ3v) is 6.57. The summed E-state index contributed by atoms with van der Waals surface area (Å²) in [5, 5.41) is 24.0. The SMILES string of the molecule is CC(=O)N(c1ccccc1O)c1c(C)noc1-c1ccc(-c2ccc(C3(C(=O)O)CC3)cc2)cc1. The first-order valence-electron chi connectivity index (χ1n) is 11.3. The molecule has 7 nitrogen and oxygen atoms in total. The Bertz CT molecular complexity index is 1420. The molecule has 0 unspecified atom stereocenters. The molecule has 1 heterocycles. The first-order valence-corrected chi connectivity index (χ1v) is 11.3. The molecule has 1 saturated carbocycles. The van der Waals surface area contributed by atoms with Gasteiger partial charge in [-0.3, -0.25) is 14.5 Å². The summed E-state index contributed by atoms with van der Waals surface area (Å²) in [6.45, 7) is 3.17. The van der Waals surface area contributed by atoms with Crippen LogP contribution in [0.2, 0.25) is 0 Å². The van der Waals surface area contributed by atoms with E-state index >= 15 is 0 Å². The maximum Gasteiger partial charge on any atom is 0.314 e. The number of aryl methyl sites for hydroxylation is 1. The van der Waals surface area contributed by atoms with Gasteiger partial charge in [0, 0.05) is 12.5 Å². The molecule has 4 aromatic rings. The summed E-state index contributed by atoms with van der Waals surface area (Å²) in [7, 11) is 0. The molecule has 1 fully saturated rings. The highest BCUT2D eigenvalue weighted by molar-refractivity contribution is 6.03. The van der Waals surface area contributed by atoms with E-state index in [4.69, 9.17) is 4.52 Å². The second-order valence-electron chi connectivity index (χ2n) is 8.83. The van der Waals surface area contributed by atoms with Crippen LogP contribution in [0.1, 0.15) is 31.0 Å². The van der Waals surface area contributed by atoms with Crippen LogP contribution < -0.4 is 4.90 Å². The van der Waals surface area contributed by atoms with Crippen molar-refractivity contribution in [3.05, 3.63) is 84.1 Å². The van der Waals surface area contributed by atoms with Gasteiger partial charge < -0.3 is 14.7 Å². The smallest absolute Gasteiger partial charge is 0.314 e. The predicted octanol–water partition coefficient (Wildman–Crippen LogP) is 5.82. The third-order valence-electron chi connectivity index (χ3n) is 6.57. The lowest BCUT2D eigenvalue weighted by molar-refractivity contribution is -0.140. The Balaban J connectivity index is 1.48. The molecule has 0 radical (unpaired) electrons. The first kappa shape index (κ1) is 22.4. The first-order chi connectivity index (χ1) is 16.8. The number of carboxylic acid groups (broad SMARTS) is 1. The summed E-state index contributed by atoms with van der Waals surface area (Å²) in [6, 6.07) is 21.9. The Hall–Kier alpha value is -4.39. The zero-order valence-corrected chi connectivity index (χ0v) is 19.4. The number of carbonyl (C=O) groups is 2. The molecule has 5 rings (SSSR count). The normalized spacial score (nSPS) is 13.9. The molecule has 0 saturated heterocycles. The molecule has 3 aromatic carbocycles. The zero-order chi connectivity index (χ0) is 24.7. The Morgan fingerprint density at radius 3 is 2.03 bits per heavy atom. The number of aliphatic carboxylic acids is 1. The van der Waals surface area contributed by atoms with E-state index in [1.165, 1.54) is 17.9 Å². The topological polar surface area (TPSA) is 104 Å². The summed E-state index contributed by atoms with van der Waals surface area (Å²) in [5.74, 6) is -0.661. The number of carboxylic acids is 1. The molecule has 0 spiro atoms. The molecule has 7 heteroatoms. The highest BCUT2D eigenvalue weighted by Gasteiger charge is 2.51. The van der Waals surface area contributed by atoms with Crippen LogP contribution in [0.4, 0.5) is 11.4 Å². The van der Waals surface area contributed by atoms with Crippen molar-refractivity contribution in [1.29, 1.82) is 0 Å². The van der Waals surface area contributed by atoms with Gasteiger partial charge in [0.25, 0.3) is 0 Å². The number of nitrogens with zero attached hydrogens (tertiary/aromatic N) is 2. The van der Waals surface area contributed by atoms with Gasteiger partial charge in [-0.15, -0.1) is 0 Å². The van der Waals surface area contributed by atoms with Gasteiger partial charge in [0.2, 0.25) is 5.91 Å². The minimum absolute atomic E-state index is 0.0241. The van der Waals surface area contributed by atoms with Crippen LogP contribution in [0.3, 0.4) is 0 Å². The van der Waals surface area contributed by atoms with E-state index in [9.17, 15) is 19.8 Å². The van der Waals surface area contributed by atoms with Crippen molar-refractivity contribution in [2.45, 2.75) is 32.1 Å².